The summed E-state index contributed by atoms with van der Waals surface area (Å²) >= 11 is 1.69. The van der Waals surface area contributed by atoms with Crippen molar-refractivity contribution in [3.8, 4) is 23.0 Å². The Morgan fingerprint density at radius 2 is 1.76 bits per heavy atom. The fourth-order valence-corrected chi connectivity index (χ4v) is 5.66. The van der Waals surface area contributed by atoms with Crippen LogP contribution in [0.4, 0.5) is 0 Å². The third-order valence-corrected chi connectivity index (χ3v) is 7.41. The lowest BCUT2D eigenvalue weighted by molar-refractivity contribution is 0.183. The number of phenolic OH excluding ortho intramolecular Hbond substituents is 1. The molecular weight excluding hydrogens is 454 g/mol. The first-order valence-electron chi connectivity index (χ1n) is 11.5. The van der Waals surface area contributed by atoms with Crippen LogP contribution in [0.15, 0.2) is 66.8 Å². The van der Waals surface area contributed by atoms with E-state index in [1.807, 2.05) is 36.4 Å². The third-order valence-electron chi connectivity index (χ3n) is 6.14. The number of thiophene rings is 1. The van der Waals surface area contributed by atoms with E-state index < -0.39 is 0 Å². The van der Waals surface area contributed by atoms with E-state index in [9.17, 15) is 5.11 Å². The van der Waals surface area contributed by atoms with Crippen LogP contribution in [0.25, 0.3) is 10.1 Å². The van der Waals surface area contributed by atoms with Gasteiger partial charge in [0.2, 0.25) is 0 Å². The molecule has 1 unspecified atom stereocenters. The first kappa shape index (κ1) is 23.7. The number of hydrogen-bond acceptors (Lipinski definition) is 5. The molecule has 5 rings (SSSR count). The molecule has 1 N–H and O–H groups in total. The van der Waals surface area contributed by atoms with Crippen LogP contribution >= 0.6 is 23.7 Å². The molecule has 33 heavy (non-hydrogen) atoms. The lowest BCUT2D eigenvalue weighted by Gasteiger charge is -2.26. The van der Waals surface area contributed by atoms with Crippen molar-refractivity contribution in [2.75, 3.05) is 26.2 Å². The summed E-state index contributed by atoms with van der Waals surface area (Å²) in [5.74, 6) is 3.11. The molecule has 174 valence electrons. The zero-order valence-electron chi connectivity index (χ0n) is 18.6. The maximum atomic E-state index is 9.94. The third kappa shape index (κ3) is 5.72. The normalized spacial score (nSPS) is 18.2. The number of benzene rings is 2. The smallest absolute Gasteiger partial charge is 0.149 e. The summed E-state index contributed by atoms with van der Waals surface area (Å²) in [5.41, 5.74) is 0. The number of likely N-dealkylation sites (tertiary alicyclic amines) is 1. The Bertz CT molecular complexity index is 1120. The van der Waals surface area contributed by atoms with E-state index in [0.717, 1.165) is 40.3 Å². The van der Waals surface area contributed by atoms with Crippen molar-refractivity contribution < 1.29 is 14.6 Å². The molecule has 0 bridgehead atoms. The summed E-state index contributed by atoms with van der Waals surface area (Å²) in [6.45, 7) is 4.08. The van der Waals surface area contributed by atoms with E-state index >= 15 is 0 Å². The van der Waals surface area contributed by atoms with Crippen molar-refractivity contribution in [1.82, 2.24) is 4.90 Å². The summed E-state index contributed by atoms with van der Waals surface area (Å²) in [6, 6.07) is 13.4. The quantitative estimate of drug-likeness (QED) is 0.383. The number of rotatable bonds is 7. The van der Waals surface area contributed by atoms with Gasteiger partial charge >= 0.3 is 0 Å². The van der Waals surface area contributed by atoms with E-state index in [1.165, 1.54) is 37.2 Å². The van der Waals surface area contributed by atoms with Crippen molar-refractivity contribution in [3.05, 3.63) is 71.6 Å². The Labute approximate surface area is 205 Å². The predicted molar refractivity (Wildman–Crippen MR) is 139 cm³/mol. The second-order valence-electron chi connectivity index (χ2n) is 8.46. The molecule has 0 saturated carbocycles. The van der Waals surface area contributed by atoms with Gasteiger partial charge in [0.1, 0.15) is 29.6 Å². The van der Waals surface area contributed by atoms with Crippen LogP contribution in [0.2, 0.25) is 0 Å². The minimum absolute atomic E-state index is 0. The standard InChI is InChI=1S/C27H29NO3S.ClH/c29-21-9-14-24-25(19-21)32-27(20-7-3-1-4-8-20)26(24)31-23-12-10-22(11-13-23)30-18-17-28-15-5-2-6-16-28;/h1,3-4,7,9-14,19-20,29H,2,5-6,8,15-18H2;1H. The molecule has 2 aliphatic rings. The maximum Gasteiger partial charge on any atom is 0.149 e. The highest BCUT2D eigenvalue weighted by molar-refractivity contribution is 7.19. The van der Waals surface area contributed by atoms with Crippen LogP contribution < -0.4 is 9.47 Å². The zero-order valence-corrected chi connectivity index (χ0v) is 20.2. The number of allylic oxidation sites excluding steroid dienone is 4. The number of piperidine rings is 1. The lowest BCUT2D eigenvalue weighted by Crippen LogP contribution is -2.33. The summed E-state index contributed by atoms with van der Waals surface area (Å²) in [7, 11) is 0. The fraction of sp³-hybridized carbons (Fsp3) is 0.333. The molecule has 6 heteroatoms. The predicted octanol–water partition coefficient (Wildman–Crippen LogP) is 7.29. The van der Waals surface area contributed by atoms with Crippen molar-refractivity contribution >= 4 is 33.8 Å². The molecule has 0 amide bonds. The number of ether oxygens (including phenoxy) is 2. The molecule has 3 aromatic rings. The number of phenols is 1. The topological polar surface area (TPSA) is 41.9 Å². The Hall–Kier alpha value is -2.47. The van der Waals surface area contributed by atoms with Crippen molar-refractivity contribution in [1.29, 1.82) is 0 Å². The summed E-state index contributed by atoms with van der Waals surface area (Å²) in [6.07, 6.45) is 13.5. The van der Waals surface area contributed by atoms with Gasteiger partial charge in [-0.1, -0.05) is 30.7 Å². The van der Waals surface area contributed by atoms with Gasteiger partial charge in [0.05, 0.1) is 4.88 Å². The molecule has 1 aliphatic carbocycles. The largest absolute Gasteiger partial charge is 0.508 e. The Morgan fingerprint density at radius 3 is 2.52 bits per heavy atom. The molecule has 4 nitrogen and oxygen atoms in total. The van der Waals surface area contributed by atoms with Crippen LogP contribution in [-0.4, -0.2) is 36.2 Å². The molecule has 2 heterocycles. The first-order chi connectivity index (χ1) is 15.8. The van der Waals surface area contributed by atoms with Gasteiger partial charge in [-0.15, -0.1) is 23.7 Å². The van der Waals surface area contributed by atoms with Crippen molar-refractivity contribution in [3.63, 3.8) is 0 Å². The van der Waals surface area contributed by atoms with Crippen molar-refractivity contribution in [2.24, 2.45) is 0 Å². The van der Waals surface area contributed by atoms with Gasteiger partial charge in [-0.2, -0.15) is 0 Å². The molecule has 1 atom stereocenters. The summed E-state index contributed by atoms with van der Waals surface area (Å²) in [4.78, 5) is 3.67. The van der Waals surface area contributed by atoms with E-state index in [4.69, 9.17) is 9.47 Å². The number of hydrogen-bond donors (Lipinski definition) is 1. The molecular formula is C27H30ClNO3S. The molecule has 1 saturated heterocycles. The minimum atomic E-state index is 0. The second kappa shape index (κ2) is 11.1. The first-order valence-corrected chi connectivity index (χ1v) is 12.3. The van der Waals surface area contributed by atoms with Crippen LogP contribution in [0.3, 0.4) is 0 Å². The van der Waals surface area contributed by atoms with Gasteiger partial charge < -0.3 is 14.6 Å². The van der Waals surface area contributed by atoms with Crippen LogP contribution in [0.1, 0.15) is 36.5 Å². The average molecular weight is 484 g/mol. The fourth-order valence-electron chi connectivity index (χ4n) is 4.40. The zero-order chi connectivity index (χ0) is 21.8. The second-order valence-corrected chi connectivity index (χ2v) is 9.54. The van der Waals surface area contributed by atoms with Gasteiger partial charge in [-0.3, -0.25) is 4.90 Å². The number of halogens is 1. The molecule has 1 aromatic heterocycles. The number of fused-ring (bicyclic) bond motifs is 1. The SMILES string of the molecule is Cl.Oc1ccc2c(Oc3ccc(OCCN4CCCCC4)cc3)c(C3C=CC=CC3)sc2c1. The minimum Gasteiger partial charge on any atom is -0.508 e. The van der Waals surface area contributed by atoms with E-state index in [-0.39, 0.29) is 24.1 Å². The number of nitrogens with zero attached hydrogens (tertiary/aromatic N) is 1. The Morgan fingerprint density at radius 1 is 0.970 bits per heavy atom. The summed E-state index contributed by atoms with van der Waals surface area (Å²) < 4.78 is 13.4. The molecule has 1 fully saturated rings. The monoisotopic (exact) mass is 483 g/mol. The van der Waals surface area contributed by atoms with Crippen LogP contribution in [-0.2, 0) is 0 Å². The highest BCUT2D eigenvalue weighted by Crippen LogP contribution is 2.46. The lowest BCUT2D eigenvalue weighted by atomic mass is 9.98. The molecule has 0 radical (unpaired) electrons. The van der Waals surface area contributed by atoms with E-state index in [2.05, 4.69) is 29.2 Å². The molecule has 0 spiro atoms. The van der Waals surface area contributed by atoms with E-state index in [1.54, 1.807) is 17.4 Å². The van der Waals surface area contributed by atoms with Gasteiger partial charge in [0, 0.05) is 22.5 Å². The van der Waals surface area contributed by atoms with E-state index in [0.29, 0.717) is 6.61 Å². The summed E-state index contributed by atoms with van der Waals surface area (Å²) in [5, 5.41) is 11.0. The Kier molecular flexibility index (Phi) is 7.97. The molecule has 2 aromatic carbocycles. The van der Waals surface area contributed by atoms with Crippen molar-refractivity contribution in [2.45, 2.75) is 31.6 Å². The van der Waals surface area contributed by atoms with Gasteiger partial charge in [-0.05, 0) is 74.8 Å². The Balaban J connectivity index is 0.00000259. The van der Waals surface area contributed by atoms with Crippen LogP contribution in [0, 0.1) is 0 Å². The highest BCUT2D eigenvalue weighted by atomic mass is 35.5. The van der Waals surface area contributed by atoms with Crippen LogP contribution in [0.5, 0.6) is 23.0 Å². The maximum absolute atomic E-state index is 9.94. The van der Waals surface area contributed by atoms with Gasteiger partial charge in [0.15, 0.2) is 0 Å². The average Bonchev–Trinajstić information content (AvgIpc) is 3.18. The number of aromatic hydroxyl groups is 1. The molecule has 1 aliphatic heterocycles. The van der Waals surface area contributed by atoms with Gasteiger partial charge in [0.25, 0.3) is 0 Å². The highest BCUT2D eigenvalue weighted by Gasteiger charge is 2.21. The van der Waals surface area contributed by atoms with Gasteiger partial charge in [-0.25, -0.2) is 0 Å².